The molecule has 1 fully saturated rings. The lowest BCUT2D eigenvalue weighted by atomic mass is 10.0. The summed E-state index contributed by atoms with van der Waals surface area (Å²) in [4.78, 5) is 24.1. The largest absolute Gasteiger partial charge is 0.484 e. The second kappa shape index (κ2) is 9.60. The second-order valence-corrected chi connectivity index (χ2v) is 10.6. The van der Waals surface area contributed by atoms with Gasteiger partial charge in [0.05, 0.1) is 4.90 Å². The van der Waals surface area contributed by atoms with Gasteiger partial charge in [0.25, 0.3) is 5.91 Å². The maximum Gasteiger partial charge on any atom is 0.336 e. The molecular formula is C25H28N2O6S. The van der Waals surface area contributed by atoms with Crippen LogP contribution in [-0.4, -0.2) is 37.3 Å². The van der Waals surface area contributed by atoms with Crippen molar-refractivity contribution in [2.75, 3.05) is 11.9 Å². The summed E-state index contributed by atoms with van der Waals surface area (Å²) in [6.45, 7) is 5.43. The van der Waals surface area contributed by atoms with Gasteiger partial charge in [-0.3, -0.25) is 4.79 Å². The number of carbonyl (C=O) groups is 1. The Kier molecular flexibility index (Phi) is 6.77. The molecule has 180 valence electrons. The highest BCUT2D eigenvalue weighted by molar-refractivity contribution is 7.89. The summed E-state index contributed by atoms with van der Waals surface area (Å²) < 4.78 is 38.6. The van der Waals surface area contributed by atoms with Gasteiger partial charge in [-0.25, -0.2) is 13.2 Å². The number of amides is 1. The van der Waals surface area contributed by atoms with Crippen molar-refractivity contribution in [1.29, 1.82) is 0 Å². The van der Waals surface area contributed by atoms with Crippen LogP contribution in [0.3, 0.4) is 0 Å². The highest BCUT2D eigenvalue weighted by Gasteiger charge is 2.35. The van der Waals surface area contributed by atoms with E-state index in [2.05, 4.69) is 5.32 Å². The van der Waals surface area contributed by atoms with Crippen LogP contribution in [0, 0.1) is 6.92 Å². The molecule has 1 N–H and O–H groups in total. The number of rotatable bonds is 6. The SMILES string of the molecule is Cc1cc(=O)oc2cc(OCC(=O)Nc3ccc(S(=O)(=O)N4C(C)CCCC4C)cc3)ccc12. The first-order valence-corrected chi connectivity index (χ1v) is 12.7. The third-order valence-corrected chi connectivity index (χ3v) is 8.26. The molecule has 1 aliphatic rings. The van der Waals surface area contributed by atoms with Crippen molar-refractivity contribution in [3.8, 4) is 5.75 Å². The topological polar surface area (TPSA) is 106 Å². The molecule has 0 bridgehead atoms. The smallest absolute Gasteiger partial charge is 0.336 e. The molecule has 1 amide bonds. The monoisotopic (exact) mass is 484 g/mol. The van der Waals surface area contributed by atoms with Gasteiger partial charge in [0.2, 0.25) is 10.0 Å². The van der Waals surface area contributed by atoms with Gasteiger partial charge in [0, 0.05) is 35.3 Å². The molecule has 0 saturated carbocycles. The first-order chi connectivity index (χ1) is 16.1. The number of sulfonamides is 1. The fraction of sp³-hybridized carbons (Fsp3) is 0.360. The van der Waals surface area contributed by atoms with Crippen LogP contribution in [0.4, 0.5) is 5.69 Å². The lowest BCUT2D eigenvalue weighted by Gasteiger charge is -2.37. The predicted molar refractivity (Wildman–Crippen MR) is 130 cm³/mol. The molecule has 9 heteroatoms. The zero-order chi connectivity index (χ0) is 24.5. The third-order valence-electron chi connectivity index (χ3n) is 6.12. The summed E-state index contributed by atoms with van der Waals surface area (Å²) >= 11 is 0. The van der Waals surface area contributed by atoms with Crippen LogP contribution < -0.4 is 15.7 Å². The van der Waals surface area contributed by atoms with Crippen LogP contribution in [-0.2, 0) is 14.8 Å². The molecule has 8 nitrogen and oxygen atoms in total. The number of anilines is 1. The van der Waals surface area contributed by atoms with Gasteiger partial charge >= 0.3 is 5.63 Å². The van der Waals surface area contributed by atoms with E-state index in [0.717, 1.165) is 30.2 Å². The summed E-state index contributed by atoms with van der Waals surface area (Å²) in [7, 11) is -3.61. The van der Waals surface area contributed by atoms with Gasteiger partial charge in [-0.2, -0.15) is 4.31 Å². The minimum absolute atomic E-state index is 0.0441. The molecule has 0 radical (unpaired) electrons. The van der Waals surface area contributed by atoms with Crippen LogP contribution in [0.1, 0.15) is 38.7 Å². The number of carbonyl (C=O) groups excluding carboxylic acids is 1. The predicted octanol–water partition coefficient (Wildman–Crippen LogP) is 4.07. The molecule has 3 aromatic rings. The number of ether oxygens (including phenoxy) is 1. The Labute approximate surface area is 198 Å². The number of hydrogen-bond donors (Lipinski definition) is 1. The fourth-order valence-corrected chi connectivity index (χ4v) is 6.33. The summed E-state index contributed by atoms with van der Waals surface area (Å²) in [6, 6.07) is 12.5. The first kappa shape index (κ1) is 24.0. The van der Waals surface area contributed by atoms with Crippen molar-refractivity contribution in [3.05, 3.63) is 64.5 Å². The number of nitrogens with zero attached hydrogens (tertiary/aromatic N) is 1. The van der Waals surface area contributed by atoms with E-state index in [1.807, 2.05) is 20.8 Å². The molecule has 2 heterocycles. The molecule has 1 aromatic heterocycles. The minimum Gasteiger partial charge on any atom is -0.484 e. The number of piperidine rings is 1. The van der Waals surface area contributed by atoms with Crippen LogP contribution in [0.15, 0.2) is 62.6 Å². The standard InChI is InChI=1S/C25H28N2O6S/c1-16-13-25(29)33-23-14-20(9-12-22(16)23)32-15-24(28)26-19-7-10-21(11-8-19)34(30,31)27-17(2)5-4-6-18(27)3/h7-14,17-18H,4-6,15H2,1-3H3,(H,26,28). The molecular weight excluding hydrogens is 456 g/mol. The van der Waals surface area contributed by atoms with Gasteiger partial charge in [-0.05, 0) is 75.6 Å². The molecule has 34 heavy (non-hydrogen) atoms. The number of benzene rings is 2. The van der Waals surface area contributed by atoms with E-state index in [1.54, 1.807) is 34.6 Å². The Morgan fingerprint density at radius 3 is 2.44 bits per heavy atom. The lowest BCUT2D eigenvalue weighted by Crippen LogP contribution is -2.47. The zero-order valence-electron chi connectivity index (χ0n) is 19.4. The summed E-state index contributed by atoms with van der Waals surface area (Å²) in [5.74, 6) is -0.0118. The van der Waals surface area contributed by atoms with Gasteiger partial charge in [0.15, 0.2) is 6.61 Å². The van der Waals surface area contributed by atoms with Gasteiger partial charge in [0.1, 0.15) is 11.3 Å². The molecule has 0 aliphatic carbocycles. The molecule has 4 rings (SSSR count). The Bertz CT molecular complexity index is 1350. The fourth-order valence-electron chi connectivity index (χ4n) is 4.44. The van der Waals surface area contributed by atoms with E-state index in [1.165, 1.54) is 18.2 Å². The van der Waals surface area contributed by atoms with Crippen molar-refractivity contribution in [3.63, 3.8) is 0 Å². The van der Waals surface area contributed by atoms with Crippen LogP contribution in [0.5, 0.6) is 5.75 Å². The van der Waals surface area contributed by atoms with Crippen molar-refractivity contribution in [2.45, 2.75) is 57.0 Å². The van der Waals surface area contributed by atoms with Gasteiger partial charge in [-0.1, -0.05) is 6.42 Å². The molecule has 0 spiro atoms. The highest BCUT2D eigenvalue weighted by atomic mass is 32.2. The Morgan fingerprint density at radius 2 is 1.76 bits per heavy atom. The van der Waals surface area contributed by atoms with E-state index < -0.39 is 21.6 Å². The molecule has 2 atom stereocenters. The van der Waals surface area contributed by atoms with Gasteiger partial charge in [-0.15, -0.1) is 0 Å². The number of hydrogen-bond acceptors (Lipinski definition) is 6. The summed E-state index contributed by atoms with van der Waals surface area (Å²) in [6.07, 6.45) is 2.72. The Hall–Kier alpha value is -3.17. The van der Waals surface area contributed by atoms with Crippen molar-refractivity contribution >= 4 is 32.6 Å². The quantitative estimate of drug-likeness (QED) is 0.529. The van der Waals surface area contributed by atoms with Crippen molar-refractivity contribution in [2.24, 2.45) is 0 Å². The number of aryl methyl sites for hydroxylation is 1. The van der Waals surface area contributed by atoms with E-state index in [-0.39, 0.29) is 23.6 Å². The van der Waals surface area contributed by atoms with Crippen LogP contribution in [0.2, 0.25) is 0 Å². The molecule has 1 aliphatic heterocycles. The first-order valence-electron chi connectivity index (χ1n) is 11.3. The lowest BCUT2D eigenvalue weighted by molar-refractivity contribution is -0.118. The van der Waals surface area contributed by atoms with E-state index >= 15 is 0 Å². The van der Waals surface area contributed by atoms with Crippen LogP contribution in [0.25, 0.3) is 11.0 Å². The number of fused-ring (bicyclic) bond motifs is 1. The highest BCUT2D eigenvalue weighted by Crippen LogP contribution is 2.30. The van der Waals surface area contributed by atoms with Crippen molar-refractivity contribution < 1.29 is 22.4 Å². The Balaban J connectivity index is 1.39. The maximum atomic E-state index is 13.1. The molecule has 1 saturated heterocycles. The zero-order valence-corrected chi connectivity index (χ0v) is 20.2. The normalized spacial score (nSPS) is 19.1. The minimum atomic E-state index is -3.61. The third kappa shape index (κ3) is 5.00. The second-order valence-electron chi connectivity index (χ2n) is 8.73. The maximum absolute atomic E-state index is 13.1. The molecule has 2 aromatic carbocycles. The van der Waals surface area contributed by atoms with Crippen molar-refractivity contribution in [1.82, 2.24) is 4.31 Å². The summed E-state index contributed by atoms with van der Waals surface area (Å²) in [5.41, 5.74) is 1.20. The average Bonchev–Trinajstić information content (AvgIpc) is 2.77. The van der Waals surface area contributed by atoms with E-state index in [9.17, 15) is 18.0 Å². The number of nitrogens with one attached hydrogen (secondary N) is 1. The van der Waals surface area contributed by atoms with E-state index in [0.29, 0.717) is 17.0 Å². The summed E-state index contributed by atoms with van der Waals surface area (Å²) in [5, 5.41) is 3.49. The van der Waals surface area contributed by atoms with Gasteiger partial charge < -0.3 is 14.5 Å². The Morgan fingerprint density at radius 1 is 1.09 bits per heavy atom. The van der Waals surface area contributed by atoms with E-state index in [4.69, 9.17) is 9.15 Å². The van der Waals surface area contributed by atoms with Crippen LogP contribution >= 0.6 is 0 Å². The average molecular weight is 485 g/mol. The molecule has 2 unspecified atom stereocenters.